The number of aliphatic hydroxyl groups excluding tert-OH is 1. The fraction of sp³-hybridized carbons (Fsp3) is 0.214. The maximum atomic E-state index is 11.8. The van der Waals surface area contributed by atoms with Crippen molar-refractivity contribution in [3.8, 4) is 0 Å². The third-order valence-electron chi connectivity index (χ3n) is 2.69. The molecule has 0 saturated carbocycles. The molecule has 1 aromatic heterocycles. The van der Waals surface area contributed by atoms with E-state index in [4.69, 9.17) is 0 Å². The van der Waals surface area contributed by atoms with Crippen LogP contribution in [-0.4, -0.2) is 34.0 Å². The van der Waals surface area contributed by atoms with Gasteiger partial charge in [0.05, 0.1) is 12.6 Å². The number of anilines is 1. The van der Waals surface area contributed by atoms with Gasteiger partial charge in [0.15, 0.2) is 5.82 Å². The van der Waals surface area contributed by atoms with Crippen LogP contribution in [0.2, 0.25) is 0 Å². The van der Waals surface area contributed by atoms with Crippen molar-refractivity contribution in [3.05, 3.63) is 54.2 Å². The summed E-state index contributed by atoms with van der Waals surface area (Å²) in [5.74, 6) is 0.362. The SMILES string of the molecule is O=C(Nc1cccnn1)N[C@H](CO)Cc1ccccc1. The molecule has 0 spiro atoms. The molecular formula is C14H16N4O2. The van der Waals surface area contributed by atoms with Gasteiger partial charge in [0, 0.05) is 6.20 Å². The highest BCUT2D eigenvalue weighted by atomic mass is 16.3. The first-order chi connectivity index (χ1) is 9.78. The quantitative estimate of drug-likeness (QED) is 0.763. The van der Waals surface area contributed by atoms with Crippen LogP contribution in [0.1, 0.15) is 5.56 Å². The van der Waals surface area contributed by atoms with E-state index in [1.807, 2.05) is 30.3 Å². The summed E-state index contributed by atoms with van der Waals surface area (Å²) in [6.07, 6.45) is 2.08. The van der Waals surface area contributed by atoms with Gasteiger partial charge in [-0.05, 0) is 24.1 Å². The summed E-state index contributed by atoms with van der Waals surface area (Å²) in [6, 6.07) is 12.2. The van der Waals surface area contributed by atoms with Crippen LogP contribution in [0.25, 0.3) is 0 Å². The second-order valence-corrected chi connectivity index (χ2v) is 4.28. The Labute approximate surface area is 116 Å². The molecule has 0 unspecified atom stereocenters. The zero-order valence-electron chi connectivity index (χ0n) is 10.9. The van der Waals surface area contributed by atoms with E-state index in [2.05, 4.69) is 20.8 Å². The highest BCUT2D eigenvalue weighted by Crippen LogP contribution is 2.03. The highest BCUT2D eigenvalue weighted by molar-refractivity contribution is 5.88. The van der Waals surface area contributed by atoms with Crippen molar-refractivity contribution in [2.75, 3.05) is 11.9 Å². The topological polar surface area (TPSA) is 87.1 Å². The monoisotopic (exact) mass is 272 g/mol. The van der Waals surface area contributed by atoms with E-state index < -0.39 is 6.03 Å². The summed E-state index contributed by atoms with van der Waals surface area (Å²) in [5.41, 5.74) is 1.05. The lowest BCUT2D eigenvalue weighted by Gasteiger charge is -2.16. The Balaban J connectivity index is 1.88. The van der Waals surface area contributed by atoms with Gasteiger partial charge in [-0.3, -0.25) is 5.32 Å². The first-order valence-corrected chi connectivity index (χ1v) is 6.28. The number of benzene rings is 1. The lowest BCUT2D eigenvalue weighted by molar-refractivity contribution is 0.224. The fourth-order valence-corrected chi connectivity index (χ4v) is 1.77. The van der Waals surface area contributed by atoms with E-state index in [0.29, 0.717) is 12.2 Å². The normalized spacial score (nSPS) is 11.7. The number of rotatable bonds is 5. The summed E-state index contributed by atoms with van der Waals surface area (Å²) in [7, 11) is 0. The van der Waals surface area contributed by atoms with Crippen molar-refractivity contribution in [2.24, 2.45) is 0 Å². The van der Waals surface area contributed by atoms with Crippen LogP contribution in [0.5, 0.6) is 0 Å². The van der Waals surface area contributed by atoms with Crippen molar-refractivity contribution >= 4 is 11.8 Å². The van der Waals surface area contributed by atoms with Crippen LogP contribution in [0.15, 0.2) is 48.7 Å². The summed E-state index contributed by atoms with van der Waals surface area (Å²) in [6.45, 7) is -0.136. The summed E-state index contributed by atoms with van der Waals surface area (Å²) >= 11 is 0. The Bertz CT molecular complexity index is 533. The van der Waals surface area contributed by atoms with Crippen molar-refractivity contribution < 1.29 is 9.90 Å². The fourth-order valence-electron chi connectivity index (χ4n) is 1.77. The Morgan fingerprint density at radius 3 is 2.65 bits per heavy atom. The van der Waals surface area contributed by atoms with Gasteiger partial charge >= 0.3 is 6.03 Å². The largest absolute Gasteiger partial charge is 0.394 e. The molecule has 0 fully saturated rings. The predicted molar refractivity (Wildman–Crippen MR) is 75.2 cm³/mol. The highest BCUT2D eigenvalue weighted by Gasteiger charge is 2.12. The van der Waals surface area contributed by atoms with Gasteiger partial charge in [-0.2, -0.15) is 5.10 Å². The minimum absolute atomic E-state index is 0.136. The van der Waals surface area contributed by atoms with Crippen LogP contribution in [0.3, 0.4) is 0 Å². The maximum absolute atomic E-state index is 11.8. The Kier molecular flexibility index (Phi) is 5.02. The van der Waals surface area contributed by atoms with Crippen LogP contribution in [-0.2, 0) is 6.42 Å². The average molecular weight is 272 g/mol. The number of nitrogens with zero attached hydrogens (tertiary/aromatic N) is 2. The molecule has 0 aliphatic heterocycles. The molecule has 6 heteroatoms. The number of hydrogen-bond donors (Lipinski definition) is 3. The molecule has 1 heterocycles. The molecule has 1 atom stereocenters. The van der Waals surface area contributed by atoms with Gasteiger partial charge in [0.1, 0.15) is 0 Å². The minimum Gasteiger partial charge on any atom is -0.394 e. The zero-order chi connectivity index (χ0) is 14.2. The number of aliphatic hydroxyl groups is 1. The van der Waals surface area contributed by atoms with Gasteiger partial charge in [0.2, 0.25) is 0 Å². The van der Waals surface area contributed by atoms with E-state index >= 15 is 0 Å². The first-order valence-electron chi connectivity index (χ1n) is 6.28. The molecule has 0 aliphatic rings. The maximum Gasteiger partial charge on any atom is 0.320 e. The molecule has 0 bridgehead atoms. The third-order valence-corrected chi connectivity index (χ3v) is 2.69. The third kappa shape index (κ3) is 4.33. The number of aromatic nitrogens is 2. The Morgan fingerprint density at radius 1 is 1.20 bits per heavy atom. The van der Waals surface area contributed by atoms with Crippen molar-refractivity contribution in [1.29, 1.82) is 0 Å². The summed E-state index contributed by atoms with van der Waals surface area (Å²) in [5, 5.41) is 22.0. The number of carbonyl (C=O) groups is 1. The molecule has 0 aliphatic carbocycles. The molecule has 20 heavy (non-hydrogen) atoms. The first kappa shape index (κ1) is 14.0. The number of hydrogen-bond acceptors (Lipinski definition) is 4. The Morgan fingerprint density at radius 2 is 2.00 bits per heavy atom. The zero-order valence-corrected chi connectivity index (χ0v) is 10.9. The average Bonchev–Trinajstić information content (AvgIpc) is 2.48. The molecule has 3 N–H and O–H groups in total. The van der Waals surface area contributed by atoms with Crippen LogP contribution in [0, 0.1) is 0 Å². The predicted octanol–water partition coefficient (Wildman–Crippen LogP) is 1.20. The minimum atomic E-state index is -0.416. The van der Waals surface area contributed by atoms with Gasteiger partial charge in [-0.15, -0.1) is 5.10 Å². The number of urea groups is 1. The second-order valence-electron chi connectivity index (χ2n) is 4.28. The molecule has 6 nitrogen and oxygen atoms in total. The molecule has 104 valence electrons. The van der Waals surface area contributed by atoms with E-state index in [-0.39, 0.29) is 12.6 Å². The number of nitrogens with one attached hydrogen (secondary N) is 2. The van der Waals surface area contributed by atoms with Crippen molar-refractivity contribution in [2.45, 2.75) is 12.5 Å². The van der Waals surface area contributed by atoms with Crippen LogP contribution < -0.4 is 10.6 Å². The number of carbonyl (C=O) groups excluding carboxylic acids is 1. The standard InChI is InChI=1S/C14H16N4O2/c19-10-12(9-11-5-2-1-3-6-11)16-14(20)17-13-7-4-8-15-18-13/h1-8,12,19H,9-10H2,(H2,16,17,18,20)/t12-/m0/s1. The van der Waals surface area contributed by atoms with Gasteiger partial charge in [0.25, 0.3) is 0 Å². The van der Waals surface area contributed by atoms with Gasteiger partial charge in [-0.25, -0.2) is 4.79 Å². The molecule has 0 saturated heterocycles. The lowest BCUT2D eigenvalue weighted by Crippen LogP contribution is -2.41. The van der Waals surface area contributed by atoms with E-state index in [1.165, 1.54) is 6.20 Å². The van der Waals surface area contributed by atoms with E-state index in [0.717, 1.165) is 5.56 Å². The molecule has 1 aromatic carbocycles. The summed E-state index contributed by atoms with van der Waals surface area (Å²) in [4.78, 5) is 11.8. The molecular weight excluding hydrogens is 256 g/mol. The van der Waals surface area contributed by atoms with E-state index in [1.54, 1.807) is 12.1 Å². The summed E-state index contributed by atoms with van der Waals surface area (Å²) < 4.78 is 0. The van der Waals surface area contributed by atoms with Crippen LogP contribution >= 0.6 is 0 Å². The van der Waals surface area contributed by atoms with Gasteiger partial charge in [-0.1, -0.05) is 30.3 Å². The van der Waals surface area contributed by atoms with E-state index in [9.17, 15) is 9.90 Å². The smallest absolute Gasteiger partial charge is 0.320 e. The molecule has 0 radical (unpaired) electrons. The van der Waals surface area contributed by atoms with Gasteiger partial charge < -0.3 is 10.4 Å². The number of amides is 2. The Hall–Kier alpha value is -2.47. The molecule has 2 rings (SSSR count). The van der Waals surface area contributed by atoms with Crippen LogP contribution in [0.4, 0.5) is 10.6 Å². The molecule has 2 amide bonds. The van der Waals surface area contributed by atoms with Crippen molar-refractivity contribution in [1.82, 2.24) is 15.5 Å². The second kappa shape index (κ2) is 7.20. The molecule has 2 aromatic rings. The lowest BCUT2D eigenvalue weighted by atomic mass is 10.1. The van der Waals surface area contributed by atoms with Crippen molar-refractivity contribution in [3.63, 3.8) is 0 Å².